The molecule has 2 aromatic carbocycles. The van der Waals surface area contributed by atoms with Gasteiger partial charge in [-0.1, -0.05) is 42.5 Å². The van der Waals surface area contributed by atoms with Gasteiger partial charge in [-0.15, -0.1) is 0 Å². The van der Waals surface area contributed by atoms with Crippen molar-refractivity contribution in [1.82, 2.24) is 25.6 Å². The number of aromatic nitrogens is 3. The topological polar surface area (TPSA) is 106 Å². The van der Waals surface area contributed by atoms with E-state index in [1.807, 2.05) is 18.2 Å². The highest BCUT2D eigenvalue weighted by Gasteiger charge is 2.11. The molecule has 2 aromatic heterocycles. The molecule has 0 saturated heterocycles. The average Bonchev–Trinajstić information content (AvgIpc) is 2.74. The standard InChI is InChI=1S/C20H15N5O3/c26-18(12-25-20(28)15-7-3-1-6-14(15)11-21-25)23-24-19(27)17-10-9-13-5-2-4-8-16(13)22-17/h1-11H,12H2,(H,23,26)(H,24,27). The molecule has 0 bridgehead atoms. The Morgan fingerprint density at radius 3 is 2.50 bits per heavy atom. The second-order valence-electron chi connectivity index (χ2n) is 6.09. The van der Waals surface area contributed by atoms with Crippen LogP contribution < -0.4 is 16.4 Å². The number of amides is 2. The molecule has 2 heterocycles. The molecule has 4 aromatic rings. The van der Waals surface area contributed by atoms with Gasteiger partial charge in [-0.25, -0.2) is 9.67 Å². The Balaban J connectivity index is 1.43. The first-order chi connectivity index (χ1) is 13.6. The summed E-state index contributed by atoms with van der Waals surface area (Å²) in [5.41, 5.74) is 5.03. The van der Waals surface area contributed by atoms with Crippen LogP contribution in [0.4, 0.5) is 0 Å². The van der Waals surface area contributed by atoms with Gasteiger partial charge in [0.1, 0.15) is 12.2 Å². The van der Waals surface area contributed by atoms with Crippen LogP contribution in [0.5, 0.6) is 0 Å². The van der Waals surface area contributed by atoms with Crippen LogP contribution in [-0.2, 0) is 11.3 Å². The smallest absolute Gasteiger partial charge is 0.271 e. The zero-order valence-corrected chi connectivity index (χ0v) is 14.6. The molecule has 28 heavy (non-hydrogen) atoms. The summed E-state index contributed by atoms with van der Waals surface area (Å²) < 4.78 is 1.04. The van der Waals surface area contributed by atoms with E-state index in [0.717, 1.165) is 10.1 Å². The number of carbonyl (C=O) groups excluding carboxylic acids is 2. The van der Waals surface area contributed by atoms with Gasteiger partial charge < -0.3 is 0 Å². The Morgan fingerprint density at radius 1 is 0.893 bits per heavy atom. The SMILES string of the molecule is O=C(Cn1ncc2ccccc2c1=O)NNC(=O)c1ccc2ccccc2n1. The Kier molecular flexibility index (Phi) is 4.51. The Bertz CT molecular complexity index is 1270. The predicted molar refractivity (Wildman–Crippen MR) is 103 cm³/mol. The Labute approximate surface area is 158 Å². The minimum absolute atomic E-state index is 0.167. The quantitative estimate of drug-likeness (QED) is 0.528. The van der Waals surface area contributed by atoms with Gasteiger partial charge in [-0.2, -0.15) is 5.10 Å². The van der Waals surface area contributed by atoms with Crippen molar-refractivity contribution >= 4 is 33.5 Å². The van der Waals surface area contributed by atoms with E-state index in [9.17, 15) is 14.4 Å². The lowest BCUT2D eigenvalue weighted by molar-refractivity contribution is -0.122. The molecule has 0 unspecified atom stereocenters. The van der Waals surface area contributed by atoms with Crippen molar-refractivity contribution in [2.24, 2.45) is 0 Å². The van der Waals surface area contributed by atoms with Crippen LogP contribution in [0.3, 0.4) is 0 Å². The normalized spacial score (nSPS) is 10.7. The first-order valence-electron chi connectivity index (χ1n) is 8.52. The zero-order valence-electron chi connectivity index (χ0n) is 14.6. The van der Waals surface area contributed by atoms with Crippen molar-refractivity contribution in [2.45, 2.75) is 6.54 Å². The predicted octanol–water partition coefficient (Wildman–Crippen LogP) is 1.41. The molecule has 0 saturated carbocycles. The number of carbonyl (C=O) groups is 2. The summed E-state index contributed by atoms with van der Waals surface area (Å²) in [6.45, 7) is -0.324. The molecule has 0 aliphatic carbocycles. The molecule has 138 valence electrons. The summed E-state index contributed by atoms with van der Waals surface area (Å²) in [5, 5.41) is 6.05. The number of nitrogens with one attached hydrogen (secondary N) is 2. The van der Waals surface area contributed by atoms with Gasteiger partial charge in [-0.3, -0.25) is 25.2 Å². The fourth-order valence-corrected chi connectivity index (χ4v) is 2.80. The minimum atomic E-state index is -0.584. The van der Waals surface area contributed by atoms with Crippen LogP contribution in [0.1, 0.15) is 10.5 Å². The Morgan fingerprint density at radius 2 is 1.64 bits per heavy atom. The number of hydrogen-bond acceptors (Lipinski definition) is 5. The molecular weight excluding hydrogens is 358 g/mol. The van der Waals surface area contributed by atoms with E-state index >= 15 is 0 Å². The van der Waals surface area contributed by atoms with Crippen LogP contribution in [-0.4, -0.2) is 26.6 Å². The molecule has 2 amide bonds. The van der Waals surface area contributed by atoms with E-state index in [2.05, 4.69) is 20.9 Å². The van der Waals surface area contributed by atoms with Crippen LogP contribution in [0.2, 0.25) is 0 Å². The van der Waals surface area contributed by atoms with Gasteiger partial charge in [0.15, 0.2) is 0 Å². The van der Waals surface area contributed by atoms with E-state index in [-0.39, 0.29) is 17.8 Å². The summed E-state index contributed by atoms with van der Waals surface area (Å²) in [7, 11) is 0. The number of rotatable bonds is 3. The molecule has 0 aliphatic rings. The van der Waals surface area contributed by atoms with E-state index in [4.69, 9.17) is 0 Å². The number of fused-ring (bicyclic) bond motifs is 2. The van der Waals surface area contributed by atoms with Gasteiger partial charge in [0.25, 0.3) is 17.4 Å². The maximum absolute atomic E-state index is 12.4. The Hall–Kier alpha value is -4.07. The first kappa shape index (κ1) is 17.3. The second kappa shape index (κ2) is 7.28. The summed E-state index contributed by atoms with van der Waals surface area (Å²) in [6.07, 6.45) is 1.52. The van der Waals surface area contributed by atoms with Gasteiger partial charge in [0.2, 0.25) is 0 Å². The number of para-hydroxylation sites is 1. The van der Waals surface area contributed by atoms with Gasteiger partial charge >= 0.3 is 0 Å². The lowest BCUT2D eigenvalue weighted by Crippen LogP contribution is -2.44. The maximum atomic E-state index is 12.4. The highest BCUT2D eigenvalue weighted by Crippen LogP contribution is 2.11. The number of nitrogens with zero attached hydrogens (tertiary/aromatic N) is 3. The van der Waals surface area contributed by atoms with E-state index < -0.39 is 11.8 Å². The monoisotopic (exact) mass is 373 g/mol. The lowest BCUT2D eigenvalue weighted by Gasteiger charge is -2.09. The fraction of sp³-hybridized carbons (Fsp3) is 0.0500. The summed E-state index contributed by atoms with van der Waals surface area (Å²) in [5.74, 6) is -1.14. The van der Waals surface area contributed by atoms with Crippen molar-refractivity contribution in [2.75, 3.05) is 0 Å². The maximum Gasteiger partial charge on any atom is 0.288 e. The first-order valence-corrected chi connectivity index (χ1v) is 8.52. The van der Waals surface area contributed by atoms with E-state index in [0.29, 0.717) is 16.3 Å². The highest BCUT2D eigenvalue weighted by molar-refractivity contribution is 5.95. The van der Waals surface area contributed by atoms with Crippen LogP contribution in [0, 0.1) is 0 Å². The number of hydrogen-bond donors (Lipinski definition) is 2. The number of benzene rings is 2. The fourth-order valence-electron chi connectivity index (χ4n) is 2.80. The van der Waals surface area contributed by atoms with Crippen molar-refractivity contribution in [3.05, 3.63) is 82.9 Å². The number of pyridine rings is 1. The molecule has 2 N–H and O–H groups in total. The largest absolute Gasteiger partial charge is 0.288 e. The van der Waals surface area contributed by atoms with E-state index in [1.54, 1.807) is 42.5 Å². The summed E-state index contributed by atoms with van der Waals surface area (Å²) >= 11 is 0. The summed E-state index contributed by atoms with van der Waals surface area (Å²) in [6, 6.07) is 17.7. The average molecular weight is 373 g/mol. The molecular formula is C20H15N5O3. The third-order valence-electron chi connectivity index (χ3n) is 4.20. The van der Waals surface area contributed by atoms with Gasteiger partial charge in [-0.05, 0) is 18.2 Å². The third-order valence-corrected chi connectivity index (χ3v) is 4.20. The summed E-state index contributed by atoms with van der Waals surface area (Å²) in [4.78, 5) is 40.9. The second-order valence-corrected chi connectivity index (χ2v) is 6.09. The van der Waals surface area contributed by atoms with Crippen LogP contribution >= 0.6 is 0 Å². The molecule has 8 nitrogen and oxygen atoms in total. The van der Waals surface area contributed by atoms with E-state index in [1.165, 1.54) is 6.20 Å². The molecule has 8 heteroatoms. The third kappa shape index (κ3) is 3.43. The molecule has 0 radical (unpaired) electrons. The minimum Gasteiger partial charge on any atom is -0.271 e. The van der Waals surface area contributed by atoms with Crippen molar-refractivity contribution in [1.29, 1.82) is 0 Å². The van der Waals surface area contributed by atoms with Gasteiger partial charge in [0.05, 0.1) is 17.1 Å². The molecule has 4 rings (SSSR count). The van der Waals surface area contributed by atoms with Crippen LogP contribution in [0.15, 0.2) is 71.7 Å². The van der Waals surface area contributed by atoms with Gasteiger partial charge in [0, 0.05) is 10.8 Å². The van der Waals surface area contributed by atoms with Crippen molar-refractivity contribution in [3.8, 4) is 0 Å². The molecule has 0 spiro atoms. The van der Waals surface area contributed by atoms with Crippen molar-refractivity contribution in [3.63, 3.8) is 0 Å². The molecule has 0 aliphatic heterocycles. The molecule has 0 fully saturated rings. The van der Waals surface area contributed by atoms with Crippen LogP contribution in [0.25, 0.3) is 21.7 Å². The highest BCUT2D eigenvalue weighted by atomic mass is 16.2. The molecule has 0 atom stereocenters. The zero-order chi connectivity index (χ0) is 19.5. The van der Waals surface area contributed by atoms with Crippen molar-refractivity contribution < 1.29 is 9.59 Å². The lowest BCUT2D eigenvalue weighted by atomic mass is 10.2. The number of hydrazine groups is 1.